The van der Waals surface area contributed by atoms with Crippen LogP contribution < -0.4 is 44.2 Å². The Morgan fingerprint density at radius 3 is 2.04 bits per heavy atom. The van der Waals surface area contributed by atoms with Gasteiger partial charge >= 0.3 is 5.97 Å². The second-order valence-corrected chi connectivity index (χ2v) is 11.8. The van der Waals surface area contributed by atoms with E-state index in [4.69, 9.17) is 22.9 Å². The molecule has 1 heterocycles. The van der Waals surface area contributed by atoms with Gasteiger partial charge in [0.1, 0.15) is 30.2 Å². The number of carbonyl (C=O) groups excluding carboxylic acids is 6. The molecule has 0 radical (unpaired) electrons. The summed E-state index contributed by atoms with van der Waals surface area (Å²) in [4.78, 5) is 92.6. The van der Waals surface area contributed by atoms with E-state index in [2.05, 4.69) is 26.3 Å². The number of guanidine groups is 1. The van der Waals surface area contributed by atoms with Crippen LogP contribution in [0.3, 0.4) is 0 Å². The lowest BCUT2D eigenvalue weighted by atomic mass is 10.0. The van der Waals surface area contributed by atoms with Gasteiger partial charge in [-0.2, -0.15) is 0 Å². The van der Waals surface area contributed by atoms with Crippen LogP contribution in [0.15, 0.2) is 4.99 Å². The van der Waals surface area contributed by atoms with E-state index < -0.39 is 77.7 Å². The number of primary amides is 1. The smallest absolute Gasteiger partial charge is 0.326 e. The van der Waals surface area contributed by atoms with Crippen molar-refractivity contribution in [2.24, 2.45) is 33.8 Å². The van der Waals surface area contributed by atoms with Crippen LogP contribution in [0.5, 0.6) is 0 Å². The van der Waals surface area contributed by atoms with Crippen LogP contribution in [0.2, 0.25) is 0 Å². The largest absolute Gasteiger partial charge is 0.480 e. The molecule has 6 amide bonds. The third-order valence-electron chi connectivity index (χ3n) is 7.26. The van der Waals surface area contributed by atoms with E-state index in [0.29, 0.717) is 25.8 Å². The molecule has 0 aliphatic carbocycles. The van der Waals surface area contributed by atoms with Crippen molar-refractivity contribution >= 4 is 47.4 Å². The summed E-state index contributed by atoms with van der Waals surface area (Å²) in [5.74, 6) is -5.34. The van der Waals surface area contributed by atoms with E-state index in [1.807, 2.05) is 0 Å². The fourth-order valence-electron chi connectivity index (χ4n) is 4.78. The Balaban J connectivity index is 2.80. The number of nitrogens with zero attached hydrogens (tertiary/aromatic N) is 2. The summed E-state index contributed by atoms with van der Waals surface area (Å²) in [7, 11) is 0. The van der Waals surface area contributed by atoms with Crippen molar-refractivity contribution in [2.45, 2.75) is 109 Å². The molecule has 0 saturated carbocycles. The number of amides is 6. The van der Waals surface area contributed by atoms with Gasteiger partial charge in [-0.15, -0.1) is 0 Å². The molecule has 0 spiro atoms. The monoisotopic (exact) mass is 654 g/mol. The number of likely N-dealkylation sites (tertiary alicyclic amines) is 1. The van der Waals surface area contributed by atoms with E-state index in [1.54, 1.807) is 13.8 Å². The number of carboxylic acid groups (broad SMARTS) is 1. The van der Waals surface area contributed by atoms with Crippen molar-refractivity contribution in [3.05, 3.63) is 0 Å². The Morgan fingerprint density at radius 2 is 1.48 bits per heavy atom. The SMILES string of the molecule is CC(C)C[C@H](NC(=O)[C@H](C)NC(=O)[C@@H]1CCCN1C(=O)[C@H](C)NC(=O)[C@@H](N)CCCN=C(N)N)C(=O)N[C@@H](CCC(N)=O)C(=O)O. The second-order valence-electron chi connectivity index (χ2n) is 11.8. The van der Waals surface area contributed by atoms with Crippen LogP contribution in [0, 0.1) is 5.92 Å². The number of aliphatic imine (C=N–C) groups is 1. The van der Waals surface area contributed by atoms with Crippen molar-refractivity contribution in [2.75, 3.05) is 13.1 Å². The fourth-order valence-corrected chi connectivity index (χ4v) is 4.78. The van der Waals surface area contributed by atoms with Gasteiger partial charge in [-0.1, -0.05) is 13.8 Å². The standard InChI is InChI=1S/C28H50N10O8/c1-14(2)13-19(24(42)36-18(27(45)46)9-10-21(30)39)37-22(40)15(3)34-25(43)20-8-6-12-38(20)26(44)16(4)35-23(41)17(29)7-5-11-33-28(31)32/h14-20H,5-13,29H2,1-4H3,(H2,30,39)(H,34,43)(H,35,41)(H,36,42)(H,37,40)(H,45,46)(H4,31,32,33)/t15-,16-,17-,18-,19-,20-/m0/s1. The lowest BCUT2D eigenvalue weighted by Crippen LogP contribution is -2.58. The summed E-state index contributed by atoms with van der Waals surface area (Å²) in [5.41, 5.74) is 21.5. The van der Waals surface area contributed by atoms with Gasteiger partial charge in [0.25, 0.3) is 0 Å². The first-order valence-corrected chi connectivity index (χ1v) is 15.3. The van der Waals surface area contributed by atoms with Crippen molar-refractivity contribution < 1.29 is 38.7 Å². The lowest BCUT2D eigenvalue weighted by Gasteiger charge is -2.29. The Bertz CT molecular complexity index is 1140. The van der Waals surface area contributed by atoms with Gasteiger partial charge in [0.15, 0.2) is 5.96 Å². The maximum atomic E-state index is 13.2. The summed E-state index contributed by atoms with van der Waals surface area (Å²) in [6, 6.07) is -6.41. The molecular weight excluding hydrogens is 604 g/mol. The van der Waals surface area contributed by atoms with E-state index in [9.17, 15) is 38.7 Å². The number of aliphatic carboxylic acids is 1. The molecule has 46 heavy (non-hydrogen) atoms. The number of hydrogen-bond acceptors (Lipinski definition) is 9. The molecule has 0 aromatic carbocycles. The van der Waals surface area contributed by atoms with Crippen LogP contribution >= 0.6 is 0 Å². The molecule has 1 aliphatic rings. The highest BCUT2D eigenvalue weighted by molar-refractivity contribution is 5.96. The van der Waals surface area contributed by atoms with Crippen molar-refractivity contribution in [1.82, 2.24) is 26.2 Å². The minimum Gasteiger partial charge on any atom is -0.480 e. The number of nitrogens with two attached hydrogens (primary N) is 4. The summed E-state index contributed by atoms with van der Waals surface area (Å²) >= 11 is 0. The highest BCUT2D eigenvalue weighted by Gasteiger charge is 2.38. The van der Waals surface area contributed by atoms with E-state index in [-0.39, 0.29) is 44.1 Å². The summed E-state index contributed by atoms with van der Waals surface area (Å²) < 4.78 is 0. The van der Waals surface area contributed by atoms with Gasteiger partial charge in [0.05, 0.1) is 6.04 Å². The number of carbonyl (C=O) groups is 7. The summed E-state index contributed by atoms with van der Waals surface area (Å²) in [6.45, 7) is 7.06. The molecule has 18 nitrogen and oxygen atoms in total. The van der Waals surface area contributed by atoms with Crippen LogP contribution in [0.4, 0.5) is 0 Å². The van der Waals surface area contributed by atoms with E-state index in [1.165, 1.54) is 18.7 Å². The molecule has 0 aromatic rings. The van der Waals surface area contributed by atoms with Gasteiger partial charge in [-0.25, -0.2) is 4.79 Å². The first kappa shape index (κ1) is 39.5. The number of hydrogen-bond donors (Lipinski definition) is 9. The fraction of sp³-hybridized carbons (Fsp3) is 0.714. The minimum atomic E-state index is -1.39. The number of nitrogens with one attached hydrogen (secondary N) is 4. The predicted molar refractivity (Wildman–Crippen MR) is 167 cm³/mol. The first-order chi connectivity index (χ1) is 21.4. The molecule has 13 N–H and O–H groups in total. The Hall–Kier alpha value is -4.48. The van der Waals surface area contributed by atoms with Gasteiger partial charge in [0.2, 0.25) is 35.4 Å². The number of carboxylic acids is 1. The van der Waals surface area contributed by atoms with Gasteiger partial charge < -0.3 is 54.2 Å². The molecule has 18 heteroatoms. The predicted octanol–water partition coefficient (Wildman–Crippen LogP) is -3.27. The Kier molecular flexibility index (Phi) is 16.4. The topological polar surface area (TPSA) is 308 Å². The number of rotatable bonds is 19. The zero-order valence-corrected chi connectivity index (χ0v) is 26.9. The summed E-state index contributed by atoms with van der Waals surface area (Å²) in [6.07, 6.45) is 1.27. The minimum absolute atomic E-state index is 0.0694. The normalized spacial score (nSPS) is 17.5. The highest BCUT2D eigenvalue weighted by Crippen LogP contribution is 2.19. The maximum absolute atomic E-state index is 13.2. The molecule has 0 aromatic heterocycles. The molecular formula is C28H50N10O8. The second kappa shape index (κ2) is 19.1. The molecule has 0 bridgehead atoms. The van der Waals surface area contributed by atoms with Crippen LogP contribution in [0.25, 0.3) is 0 Å². The quantitative estimate of drug-likeness (QED) is 0.0378. The third kappa shape index (κ3) is 13.7. The van der Waals surface area contributed by atoms with Crippen LogP contribution in [0.1, 0.15) is 72.6 Å². The average Bonchev–Trinajstić information content (AvgIpc) is 3.45. The van der Waals surface area contributed by atoms with Crippen LogP contribution in [-0.2, 0) is 33.6 Å². The van der Waals surface area contributed by atoms with Crippen LogP contribution in [-0.4, -0.2) is 107 Å². The highest BCUT2D eigenvalue weighted by atomic mass is 16.4. The van der Waals surface area contributed by atoms with E-state index >= 15 is 0 Å². The van der Waals surface area contributed by atoms with Gasteiger partial charge in [-0.3, -0.25) is 33.8 Å². The van der Waals surface area contributed by atoms with Crippen molar-refractivity contribution in [3.63, 3.8) is 0 Å². The molecule has 1 rings (SSSR count). The van der Waals surface area contributed by atoms with Gasteiger partial charge in [0, 0.05) is 19.5 Å². The van der Waals surface area contributed by atoms with Crippen molar-refractivity contribution in [1.29, 1.82) is 0 Å². The van der Waals surface area contributed by atoms with Crippen molar-refractivity contribution in [3.8, 4) is 0 Å². The molecule has 260 valence electrons. The maximum Gasteiger partial charge on any atom is 0.326 e. The molecule has 6 atom stereocenters. The summed E-state index contributed by atoms with van der Waals surface area (Å²) in [5, 5.41) is 19.4. The zero-order valence-electron chi connectivity index (χ0n) is 26.9. The van der Waals surface area contributed by atoms with Gasteiger partial charge in [-0.05, 0) is 58.3 Å². The first-order valence-electron chi connectivity index (χ1n) is 15.3. The Morgan fingerprint density at radius 1 is 0.848 bits per heavy atom. The molecule has 0 unspecified atom stereocenters. The average molecular weight is 655 g/mol. The molecule has 1 saturated heterocycles. The molecule has 1 fully saturated rings. The molecule has 1 aliphatic heterocycles. The lowest BCUT2D eigenvalue weighted by molar-refractivity contribution is -0.143. The zero-order chi connectivity index (χ0) is 35.1. The third-order valence-corrected chi connectivity index (χ3v) is 7.26. The Labute approximate surface area is 268 Å². The van der Waals surface area contributed by atoms with E-state index in [0.717, 1.165) is 0 Å².